The van der Waals surface area contributed by atoms with Gasteiger partial charge in [0.05, 0.1) is 0 Å². The van der Waals surface area contributed by atoms with Gasteiger partial charge in [-0.1, -0.05) is 44.7 Å². The Morgan fingerprint density at radius 3 is 2.65 bits per heavy atom. The second kappa shape index (κ2) is 6.37. The topological polar surface area (TPSA) is 68.0 Å². The third kappa shape index (κ3) is 3.19. The van der Waals surface area contributed by atoms with Crippen molar-refractivity contribution < 1.29 is 9.32 Å². The molecule has 2 rings (SSSR count). The molecular weight excluding hydrogens is 254 g/mol. The van der Waals surface area contributed by atoms with Gasteiger partial charge in [-0.3, -0.25) is 4.79 Å². The van der Waals surface area contributed by atoms with E-state index in [-0.39, 0.29) is 11.8 Å². The minimum atomic E-state index is -0.422. The van der Waals surface area contributed by atoms with E-state index < -0.39 is 5.54 Å². The molecular formula is C15H25N3O2. The number of amides is 1. The second-order valence-electron chi connectivity index (χ2n) is 5.96. The summed E-state index contributed by atoms with van der Waals surface area (Å²) in [5.41, 5.74) is -0.422. The number of nitrogens with zero attached hydrogens (tertiary/aromatic N) is 2. The van der Waals surface area contributed by atoms with Crippen LogP contribution in [0.1, 0.15) is 70.5 Å². The van der Waals surface area contributed by atoms with Crippen LogP contribution in [0.3, 0.4) is 0 Å². The SMILES string of the molecule is CCCC(C)C(=O)NC1(c2noc(C)n2)CCCCC1. The van der Waals surface area contributed by atoms with Crippen LogP contribution in [0.5, 0.6) is 0 Å². The highest BCUT2D eigenvalue weighted by Gasteiger charge is 2.40. The van der Waals surface area contributed by atoms with Crippen LogP contribution < -0.4 is 5.32 Å². The molecule has 0 radical (unpaired) electrons. The van der Waals surface area contributed by atoms with Crippen LogP contribution in [0.4, 0.5) is 0 Å². The van der Waals surface area contributed by atoms with E-state index in [4.69, 9.17) is 4.52 Å². The fraction of sp³-hybridized carbons (Fsp3) is 0.800. The minimum absolute atomic E-state index is 0.0341. The Bertz CT molecular complexity index is 450. The molecule has 1 N–H and O–H groups in total. The number of aromatic nitrogens is 2. The average Bonchev–Trinajstić information content (AvgIpc) is 2.87. The highest BCUT2D eigenvalue weighted by Crippen LogP contribution is 2.36. The maximum absolute atomic E-state index is 12.4. The molecule has 1 aliphatic rings. The van der Waals surface area contributed by atoms with Gasteiger partial charge in [0.2, 0.25) is 11.8 Å². The van der Waals surface area contributed by atoms with Gasteiger partial charge in [-0.2, -0.15) is 4.98 Å². The average molecular weight is 279 g/mol. The molecule has 1 aromatic rings. The largest absolute Gasteiger partial charge is 0.343 e. The molecule has 1 aliphatic carbocycles. The summed E-state index contributed by atoms with van der Waals surface area (Å²) in [6, 6.07) is 0. The zero-order chi connectivity index (χ0) is 14.6. The molecule has 0 aromatic carbocycles. The molecule has 1 aromatic heterocycles. The molecule has 1 saturated carbocycles. The molecule has 1 heterocycles. The fourth-order valence-corrected chi connectivity index (χ4v) is 2.98. The van der Waals surface area contributed by atoms with Crippen LogP contribution in [0.25, 0.3) is 0 Å². The highest BCUT2D eigenvalue weighted by atomic mass is 16.5. The molecule has 0 saturated heterocycles. The van der Waals surface area contributed by atoms with Crippen molar-refractivity contribution in [2.24, 2.45) is 5.92 Å². The molecule has 1 atom stereocenters. The number of rotatable bonds is 5. The van der Waals surface area contributed by atoms with Gasteiger partial charge >= 0.3 is 0 Å². The van der Waals surface area contributed by atoms with E-state index in [1.54, 1.807) is 6.92 Å². The summed E-state index contributed by atoms with van der Waals surface area (Å²) in [7, 11) is 0. The lowest BCUT2D eigenvalue weighted by molar-refractivity contribution is -0.127. The first-order valence-corrected chi connectivity index (χ1v) is 7.70. The molecule has 0 spiro atoms. The molecule has 1 amide bonds. The summed E-state index contributed by atoms with van der Waals surface area (Å²) >= 11 is 0. The standard InChI is InChI=1S/C15H25N3O2/c1-4-8-11(2)13(19)17-15(9-6-5-7-10-15)14-16-12(3)20-18-14/h11H,4-10H2,1-3H3,(H,17,19). The Morgan fingerprint density at radius 1 is 1.40 bits per heavy atom. The van der Waals surface area contributed by atoms with Gasteiger partial charge in [0.1, 0.15) is 5.54 Å². The van der Waals surface area contributed by atoms with E-state index in [0.717, 1.165) is 38.5 Å². The fourth-order valence-electron chi connectivity index (χ4n) is 2.98. The van der Waals surface area contributed by atoms with E-state index >= 15 is 0 Å². The van der Waals surface area contributed by atoms with Gasteiger partial charge in [0.15, 0.2) is 5.82 Å². The van der Waals surface area contributed by atoms with Crippen molar-refractivity contribution in [1.29, 1.82) is 0 Å². The highest BCUT2D eigenvalue weighted by molar-refractivity contribution is 5.79. The Hall–Kier alpha value is -1.39. The monoisotopic (exact) mass is 279 g/mol. The lowest BCUT2D eigenvalue weighted by Crippen LogP contribution is -2.49. The number of carbonyl (C=O) groups excluding carboxylic acids is 1. The molecule has 5 nitrogen and oxygen atoms in total. The molecule has 1 fully saturated rings. The third-order valence-electron chi connectivity index (χ3n) is 4.19. The van der Waals surface area contributed by atoms with Crippen LogP contribution in [0, 0.1) is 12.8 Å². The Labute approximate surface area is 120 Å². The van der Waals surface area contributed by atoms with Gasteiger partial charge in [0, 0.05) is 12.8 Å². The summed E-state index contributed by atoms with van der Waals surface area (Å²) in [4.78, 5) is 16.8. The smallest absolute Gasteiger partial charge is 0.223 e. The Kier molecular flexibility index (Phi) is 4.78. The van der Waals surface area contributed by atoms with Crippen LogP contribution in [-0.2, 0) is 10.3 Å². The van der Waals surface area contributed by atoms with Crippen molar-refractivity contribution in [3.05, 3.63) is 11.7 Å². The van der Waals surface area contributed by atoms with Crippen LogP contribution in [0.2, 0.25) is 0 Å². The van der Waals surface area contributed by atoms with Gasteiger partial charge in [-0.25, -0.2) is 0 Å². The molecule has 0 bridgehead atoms. The summed E-state index contributed by atoms with van der Waals surface area (Å²) in [6.45, 7) is 5.87. The number of hydrogen-bond acceptors (Lipinski definition) is 4. The molecule has 20 heavy (non-hydrogen) atoms. The first kappa shape index (κ1) is 15.0. The quantitative estimate of drug-likeness (QED) is 0.899. The van der Waals surface area contributed by atoms with Crippen molar-refractivity contribution in [3.8, 4) is 0 Å². The molecule has 5 heteroatoms. The summed E-state index contributed by atoms with van der Waals surface area (Å²) < 4.78 is 5.12. The van der Waals surface area contributed by atoms with E-state index in [1.165, 1.54) is 6.42 Å². The van der Waals surface area contributed by atoms with E-state index in [1.807, 2.05) is 6.92 Å². The van der Waals surface area contributed by atoms with Crippen molar-refractivity contribution >= 4 is 5.91 Å². The zero-order valence-electron chi connectivity index (χ0n) is 12.7. The predicted molar refractivity (Wildman–Crippen MR) is 76.0 cm³/mol. The molecule has 1 unspecified atom stereocenters. The number of hydrogen-bond donors (Lipinski definition) is 1. The first-order valence-electron chi connectivity index (χ1n) is 7.70. The Morgan fingerprint density at radius 2 is 2.10 bits per heavy atom. The normalized spacial score (nSPS) is 19.6. The van der Waals surface area contributed by atoms with Gasteiger partial charge < -0.3 is 9.84 Å². The van der Waals surface area contributed by atoms with Crippen LogP contribution in [-0.4, -0.2) is 16.0 Å². The predicted octanol–water partition coefficient (Wildman–Crippen LogP) is 3.09. The third-order valence-corrected chi connectivity index (χ3v) is 4.19. The van der Waals surface area contributed by atoms with Crippen molar-refractivity contribution in [2.45, 2.75) is 71.3 Å². The molecule has 112 valence electrons. The van der Waals surface area contributed by atoms with E-state index in [2.05, 4.69) is 22.4 Å². The number of aryl methyl sites for hydroxylation is 1. The van der Waals surface area contributed by atoms with Gasteiger partial charge in [-0.15, -0.1) is 0 Å². The maximum atomic E-state index is 12.4. The van der Waals surface area contributed by atoms with Gasteiger partial charge in [0.25, 0.3) is 0 Å². The second-order valence-corrected chi connectivity index (χ2v) is 5.96. The summed E-state index contributed by atoms with van der Waals surface area (Å²) in [5, 5.41) is 7.29. The van der Waals surface area contributed by atoms with Crippen LogP contribution in [0.15, 0.2) is 4.52 Å². The van der Waals surface area contributed by atoms with Crippen molar-refractivity contribution in [2.75, 3.05) is 0 Å². The maximum Gasteiger partial charge on any atom is 0.223 e. The zero-order valence-corrected chi connectivity index (χ0v) is 12.7. The van der Waals surface area contributed by atoms with Crippen LogP contribution >= 0.6 is 0 Å². The number of carbonyl (C=O) groups is 1. The van der Waals surface area contributed by atoms with Crippen molar-refractivity contribution in [3.63, 3.8) is 0 Å². The molecule has 0 aliphatic heterocycles. The summed E-state index contributed by atoms with van der Waals surface area (Å²) in [6.07, 6.45) is 7.12. The lowest BCUT2D eigenvalue weighted by Gasteiger charge is -2.36. The van der Waals surface area contributed by atoms with Crippen molar-refractivity contribution in [1.82, 2.24) is 15.5 Å². The Balaban J connectivity index is 2.17. The van der Waals surface area contributed by atoms with Gasteiger partial charge in [-0.05, 0) is 19.3 Å². The first-order chi connectivity index (χ1) is 9.57. The lowest BCUT2D eigenvalue weighted by atomic mass is 9.80. The summed E-state index contributed by atoms with van der Waals surface area (Å²) in [5.74, 6) is 1.34. The number of nitrogens with one attached hydrogen (secondary N) is 1. The van der Waals surface area contributed by atoms with E-state index in [0.29, 0.717) is 11.7 Å². The minimum Gasteiger partial charge on any atom is -0.343 e. The van der Waals surface area contributed by atoms with E-state index in [9.17, 15) is 4.79 Å².